The smallest absolute Gasteiger partial charge is 0.327 e. The van der Waals surface area contributed by atoms with E-state index in [4.69, 9.17) is 16.8 Å². The molecule has 6 heteroatoms. The molecule has 0 aromatic heterocycles. The summed E-state index contributed by atoms with van der Waals surface area (Å²) >= 11 is 0. The predicted octanol–water partition coefficient (Wildman–Crippen LogP) is 1.18. The average Bonchev–Trinajstić information content (AvgIpc) is 2.45. The van der Waals surface area contributed by atoms with Crippen molar-refractivity contribution in [1.29, 1.82) is 5.26 Å². The molecule has 0 saturated carbocycles. The van der Waals surface area contributed by atoms with E-state index in [2.05, 4.69) is 11.2 Å². The number of carboxylic acid groups (broad SMARTS) is 1. The molecule has 0 fully saturated rings. The third-order valence-corrected chi connectivity index (χ3v) is 2.58. The zero-order chi connectivity index (χ0) is 15.1. The second-order valence-corrected chi connectivity index (χ2v) is 3.97. The molecule has 0 spiro atoms. The van der Waals surface area contributed by atoms with Gasteiger partial charge in [0.05, 0.1) is 11.6 Å². The van der Waals surface area contributed by atoms with Crippen LogP contribution in [-0.4, -0.2) is 30.2 Å². The maximum absolute atomic E-state index is 11.9. The Morgan fingerprint density at radius 3 is 2.80 bits per heavy atom. The minimum absolute atomic E-state index is 0.104. The Hall–Kier alpha value is -2.99. The zero-order valence-electron chi connectivity index (χ0n) is 10.8. The average molecular weight is 271 g/mol. The maximum atomic E-state index is 11.9. The Labute approximate surface area is 116 Å². The molecule has 0 bridgehead atoms. The Kier molecular flexibility index (Phi) is 5.13. The molecule has 1 atom stereocenters. The van der Waals surface area contributed by atoms with Crippen LogP contribution < -0.4 is 10.2 Å². The first-order valence-electron chi connectivity index (χ1n) is 5.70. The summed E-state index contributed by atoms with van der Waals surface area (Å²) in [7, 11) is 1.47. The Morgan fingerprint density at radius 1 is 1.55 bits per heavy atom. The molecule has 0 saturated heterocycles. The molecule has 0 aliphatic heterocycles. The number of hydrogen-bond acceptors (Lipinski definition) is 3. The van der Waals surface area contributed by atoms with Crippen LogP contribution in [0.3, 0.4) is 0 Å². The maximum Gasteiger partial charge on any atom is 0.327 e. The first-order valence-corrected chi connectivity index (χ1v) is 5.70. The lowest BCUT2D eigenvalue weighted by atomic mass is 10.2. The third kappa shape index (κ3) is 3.76. The van der Waals surface area contributed by atoms with Crippen molar-refractivity contribution in [3.8, 4) is 18.4 Å². The first-order chi connectivity index (χ1) is 9.49. The number of nitriles is 1. The van der Waals surface area contributed by atoms with Gasteiger partial charge in [-0.1, -0.05) is 6.07 Å². The number of amides is 2. The molecule has 0 aliphatic carbocycles. The van der Waals surface area contributed by atoms with Crippen LogP contribution in [0.5, 0.6) is 0 Å². The van der Waals surface area contributed by atoms with Crippen molar-refractivity contribution in [1.82, 2.24) is 5.32 Å². The number of carboxylic acids is 1. The number of benzene rings is 1. The van der Waals surface area contributed by atoms with E-state index in [0.717, 1.165) is 0 Å². The molecular formula is C14H13N3O3. The van der Waals surface area contributed by atoms with E-state index in [1.807, 2.05) is 6.07 Å². The number of carbonyl (C=O) groups is 2. The van der Waals surface area contributed by atoms with Gasteiger partial charge in [-0.05, 0) is 18.2 Å². The molecule has 0 heterocycles. The monoisotopic (exact) mass is 271 g/mol. The van der Waals surface area contributed by atoms with E-state index < -0.39 is 18.0 Å². The van der Waals surface area contributed by atoms with Crippen molar-refractivity contribution in [2.45, 2.75) is 12.5 Å². The number of hydrogen-bond donors (Lipinski definition) is 2. The highest BCUT2D eigenvalue weighted by atomic mass is 16.4. The Balaban J connectivity index is 2.83. The van der Waals surface area contributed by atoms with E-state index in [1.165, 1.54) is 18.0 Å². The molecule has 102 valence electrons. The van der Waals surface area contributed by atoms with Crippen molar-refractivity contribution in [3.63, 3.8) is 0 Å². The van der Waals surface area contributed by atoms with E-state index in [1.54, 1.807) is 18.2 Å². The molecule has 0 aliphatic rings. The summed E-state index contributed by atoms with van der Waals surface area (Å²) in [6, 6.07) is 6.61. The molecule has 1 unspecified atom stereocenters. The largest absolute Gasteiger partial charge is 0.480 e. The zero-order valence-corrected chi connectivity index (χ0v) is 10.8. The summed E-state index contributed by atoms with van der Waals surface area (Å²) < 4.78 is 0. The lowest BCUT2D eigenvalue weighted by Gasteiger charge is -2.20. The van der Waals surface area contributed by atoms with Gasteiger partial charge in [-0.25, -0.2) is 9.59 Å². The lowest BCUT2D eigenvalue weighted by Crippen LogP contribution is -2.46. The third-order valence-electron chi connectivity index (χ3n) is 2.58. The van der Waals surface area contributed by atoms with Gasteiger partial charge in [0, 0.05) is 19.2 Å². The number of aliphatic carboxylic acids is 1. The number of anilines is 1. The quantitative estimate of drug-likeness (QED) is 0.804. The van der Waals surface area contributed by atoms with Crippen LogP contribution in [0.15, 0.2) is 24.3 Å². The second-order valence-electron chi connectivity index (χ2n) is 3.97. The van der Waals surface area contributed by atoms with Gasteiger partial charge in [0.15, 0.2) is 0 Å². The Bertz CT molecular complexity index is 598. The van der Waals surface area contributed by atoms with Gasteiger partial charge in [-0.15, -0.1) is 12.3 Å². The number of nitrogens with zero attached hydrogens (tertiary/aromatic N) is 2. The first kappa shape index (κ1) is 15.1. The highest BCUT2D eigenvalue weighted by Crippen LogP contribution is 2.14. The van der Waals surface area contributed by atoms with Gasteiger partial charge in [0.2, 0.25) is 0 Å². The fourth-order valence-electron chi connectivity index (χ4n) is 1.47. The van der Waals surface area contributed by atoms with Gasteiger partial charge >= 0.3 is 12.0 Å². The fourth-order valence-corrected chi connectivity index (χ4v) is 1.47. The van der Waals surface area contributed by atoms with E-state index in [0.29, 0.717) is 11.3 Å². The minimum atomic E-state index is -1.20. The second kappa shape index (κ2) is 6.81. The minimum Gasteiger partial charge on any atom is -0.480 e. The van der Waals surface area contributed by atoms with Gasteiger partial charge in [0.25, 0.3) is 0 Å². The van der Waals surface area contributed by atoms with Crippen LogP contribution in [0.4, 0.5) is 10.5 Å². The van der Waals surface area contributed by atoms with Crippen molar-refractivity contribution >= 4 is 17.7 Å². The number of rotatable bonds is 4. The van der Waals surface area contributed by atoms with Crippen molar-refractivity contribution < 1.29 is 14.7 Å². The molecule has 1 aromatic carbocycles. The van der Waals surface area contributed by atoms with Gasteiger partial charge in [0.1, 0.15) is 6.04 Å². The molecule has 6 nitrogen and oxygen atoms in total. The van der Waals surface area contributed by atoms with Crippen LogP contribution in [-0.2, 0) is 4.79 Å². The highest BCUT2D eigenvalue weighted by Gasteiger charge is 2.21. The molecule has 20 heavy (non-hydrogen) atoms. The normalized spacial score (nSPS) is 10.8. The van der Waals surface area contributed by atoms with Gasteiger partial charge in [-0.2, -0.15) is 5.26 Å². The summed E-state index contributed by atoms with van der Waals surface area (Å²) in [6.07, 6.45) is 4.95. The van der Waals surface area contributed by atoms with Crippen LogP contribution >= 0.6 is 0 Å². The molecular weight excluding hydrogens is 258 g/mol. The number of urea groups is 1. The number of terminal acetylenes is 1. The number of carbonyl (C=O) groups excluding carboxylic acids is 1. The SMILES string of the molecule is C#CCC(NC(=O)N(C)c1cccc(C#N)c1)C(=O)O. The molecule has 2 amide bonds. The van der Waals surface area contributed by atoms with Crippen molar-refractivity contribution in [3.05, 3.63) is 29.8 Å². The lowest BCUT2D eigenvalue weighted by molar-refractivity contribution is -0.139. The number of nitrogens with one attached hydrogen (secondary N) is 1. The van der Waals surface area contributed by atoms with Crippen LogP contribution in [0.1, 0.15) is 12.0 Å². The fraction of sp³-hybridized carbons (Fsp3) is 0.214. The van der Waals surface area contributed by atoms with Crippen molar-refractivity contribution in [2.24, 2.45) is 0 Å². The molecule has 2 N–H and O–H groups in total. The summed E-state index contributed by atoms with van der Waals surface area (Å²) in [5, 5.41) is 20.0. The summed E-state index contributed by atoms with van der Waals surface area (Å²) in [5.41, 5.74) is 0.881. The van der Waals surface area contributed by atoms with E-state index in [-0.39, 0.29) is 6.42 Å². The summed E-state index contributed by atoms with van der Waals surface area (Å²) in [6.45, 7) is 0. The molecule has 0 radical (unpaired) electrons. The summed E-state index contributed by atoms with van der Waals surface area (Å²) in [5.74, 6) is 0.996. The van der Waals surface area contributed by atoms with Gasteiger partial charge < -0.3 is 10.4 Å². The van der Waals surface area contributed by atoms with Crippen LogP contribution in [0.2, 0.25) is 0 Å². The van der Waals surface area contributed by atoms with E-state index in [9.17, 15) is 9.59 Å². The van der Waals surface area contributed by atoms with Crippen molar-refractivity contribution in [2.75, 3.05) is 11.9 Å². The van der Waals surface area contributed by atoms with E-state index >= 15 is 0 Å². The Morgan fingerprint density at radius 2 is 2.25 bits per heavy atom. The van der Waals surface area contributed by atoms with Crippen LogP contribution in [0, 0.1) is 23.7 Å². The summed E-state index contributed by atoms with van der Waals surface area (Å²) in [4.78, 5) is 24.1. The van der Waals surface area contributed by atoms with Gasteiger partial charge in [-0.3, -0.25) is 4.90 Å². The molecule has 1 aromatic rings. The van der Waals surface area contributed by atoms with Crippen LogP contribution in [0.25, 0.3) is 0 Å². The predicted molar refractivity (Wildman–Crippen MR) is 73.0 cm³/mol. The topological polar surface area (TPSA) is 93.4 Å². The molecule has 1 rings (SSSR count). The standard InChI is InChI=1S/C14H13N3O3/c1-3-5-12(13(18)19)16-14(20)17(2)11-7-4-6-10(8-11)9-15/h1,4,6-8,12H,5H2,2H3,(H,16,20)(H,18,19). The highest BCUT2D eigenvalue weighted by molar-refractivity contribution is 5.94.